The van der Waals surface area contributed by atoms with Gasteiger partial charge in [0, 0.05) is 44.9 Å². The second kappa shape index (κ2) is 9.25. The zero-order valence-electron chi connectivity index (χ0n) is 17.2. The molecule has 2 fully saturated rings. The number of phenols is 1. The number of hydrogen-bond donors (Lipinski definition) is 2. The van der Waals surface area contributed by atoms with Crippen molar-refractivity contribution in [3.05, 3.63) is 54.1 Å². The standard InChI is InChI=1S/C22H27N3O5S/c26-21-9-2-1-8-20(21)24-10-12-25(13-11-24)22(27)17-5-3-7-19(15-17)31(28,29)23-16-18-6-4-14-30-18/h1-3,5,7-9,15,18,23,26H,4,6,10-14,16H2. The smallest absolute Gasteiger partial charge is 0.254 e. The van der Waals surface area contributed by atoms with Crippen molar-refractivity contribution in [3.8, 4) is 5.75 Å². The van der Waals surface area contributed by atoms with Crippen LogP contribution in [0.25, 0.3) is 0 Å². The molecule has 2 aromatic carbocycles. The van der Waals surface area contributed by atoms with Gasteiger partial charge in [0.15, 0.2) is 0 Å². The molecule has 2 N–H and O–H groups in total. The Hall–Kier alpha value is -2.62. The molecule has 31 heavy (non-hydrogen) atoms. The number of anilines is 1. The van der Waals surface area contributed by atoms with Crippen molar-refractivity contribution in [1.29, 1.82) is 0 Å². The van der Waals surface area contributed by atoms with Gasteiger partial charge in [-0.25, -0.2) is 13.1 Å². The number of piperazine rings is 1. The molecule has 166 valence electrons. The lowest BCUT2D eigenvalue weighted by atomic mass is 10.1. The maximum absolute atomic E-state index is 13.0. The van der Waals surface area contributed by atoms with E-state index >= 15 is 0 Å². The summed E-state index contributed by atoms with van der Waals surface area (Å²) in [6.07, 6.45) is 1.68. The van der Waals surface area contributed by atoms with Crippen molar-refractivity contribution < 1.29 is 23.1 Å². The van der Waals surface area contributed by atoms with Crippen molar-refractivity contribution in [2.75, 3.05) is 44.2 Å². The molecule has 0 spiro atoms. The molecular weight excluding hydrogens is 418 g/mol. The molecule has 8 nitrogen and oxygen atoms in total. The third-order valence-corrected chi connectivity index (χ3v) is 7.13. The quantitative estimate of drug-likeness (QED) is 0.704. The van der Waals surface area contributed by atoms with Gasteiger partial charge in [0.2, 0.25) is 10.0 Å². The maximum atomic E-state index is 13.0. The van der Waals surface area contributed by atoms with Gasteiger partial charge in [-0.15, -0.1) is 0 Å². The van der Waals surface area contributed by atoms with E-state index in [2.05, 4.69) is 4.72 Å². The Bertz CT molecular complexity index is 1030. The first-order valence-electron chi connectivity index (χ1n) is 10.5. The SMILES string of the molecule is O=C(c1cccc(S(=O)(=O)NCC2CCCO2)c1)N1CCN(c2ccccc2O)CC1. The van der Waals surface area contributed by atoms with Crippen molar-refractivity contribution >= 4 is 21.6 Å². The van der Waals surface area contributed by atoms with Gasteiger partial charge in [-0.05, 0) is 43.2 Å². The predicted molar refractivity (Wildman–Crippen MR) is 117 cm³/mol. The van der Waals surface area contributed by atoms with E-state index in [-0.39, 0.29) is 29.2 Å². The zero-order chi connectivity index (χ0) is 21.8. The summed E-state index contributed by atoms with van der Waals surface area (Å²) in [4.78, 5) is 16.8. The molecule has 0 aliphatic carbocycles. The average molecular weight is 446 g/mol. The van der Waals surface area contributed by atoms with Crippen LogP contribution in [-0.4, -0.2) is 69.8 Å². The monoisotopic (exact) mass is 445 g/mol. The van der Waals surface area contributed by atoms with Crippen LogP contribution in [0.15, 0.2) is 53.4 Å². The van der Waals surface area contributed by atoms with Crippen LogP contribution >= 0.6 is 0 Å². The molecule has 1 atom stereocenters. The first-order valence-corrected chi connectivity index (χ1v) is 12.0. The highest BCUT2D eigenvalue weighted by molar-refractivity contribution is 7.89. The highest BCUT2D eigenvalue weighted by Crippen LogP contribution is 2.27. The van der Waals surface area contributed by atoms with E-state index in [1.807, 2.05) is 17.0 Å². The molecule has 1 unspecified atom stereocenters. The van der Waals surface area contributed by atoms with Gasteiger partial charge in [0.1, 0.15) is 5.75 Å². The van der Waals surface area contributed by atoms with Crippen molar-refractivity contribution in [1.82, 2.24) is 9.62 Å². The van der Waals surface area contributed by atoms with Crippen LogP contribution in [0.2, 0.25) is 0 Å². The number of hydrogen-bond acceptors (Lipinski definition) is 6. The molecule has 0 saturated carbocycles. The number of sulfonamides is 1. The van der Waals surface area contributed by atoms with E-state index in [0.717, 1.165) is 18.5 Å². The molecule has 2 aliphatic heterocycles. The number of rotatable bonds is 6. The second-order valence-electron chi connectivity index (χ2n) is 7.78. The van der Waals surface area contributed by atoms with Gasteiger partial charge >= 0.3 is 0 Å². The summed E-state index contributed by atoms with van der Waals surface area (Å²) in [5.74, 6) is 0.0174. The van der Waals surface area contributed by atoms with Crippen LogP contribution in [0.1, 0.15) is 23.2 Å². The third-order valence-electron chi connectivity index (χ3n) is 5.71. The third kappa shape index (κ3) is 5.00. The fraction of sp³-hybridized carbons (Fsp3) is 0.409. The molecule has 4 rings (SSSR count). The van der Waals surface area contributed by atoms with Gasteiger partial charge in [-0.1, -0.05) is 18.2 Å². The minimum Gasteiger partial charge on any atom is -0.506 e. The van der Waals surface area contributed by atoms with Gasteiger partial charge in [-0.2, -0.15) is 0 Å². The number of phenolic OH excluding ortho intramolecular Hbond substituents is 1. The fourth-order valence-electron chi connectivity index (χ4n) is 3.95. The lowest BCUT2D eigenvalue weighted by Crippen LogP contribution is -2.48. The molecular formula is C22H27N3O5S. The molecule has 9 heteroatoms. The lowest BCUT2D eigenvalue weighted by Gasteiger charge is -2.36. The summed E-state index contributed by atoms with van der Waals surface area (Å²) < 4.78 is 33.3. The van der Waals surface area contributed by atoms with Gasteiger partial charge in [-0.3, -0.25) is 4.79 Å². The Kier molecular flexibility index (Phi) is 6.45. The molecule has 2 aliphatic rings. The van der Waals surface area contributed by atoms with Crippen molar-refractivity contribution in [3.63, 3.8) is 0 Å². The summed E-state index contributed by atoms with van der Waals surface area (Å²) in [6.45, 7) is 3.04. The number of ether oxygens (including phenoxy) is 1. The molecule has 0 aromatic heterocycles. The Balaban J connectivity index is 1.39. The Morgan fingerprint density at radius 3 is 2.58 bits per heavy atom. The lowest BCUT2D eigenvalue weighted by molar-refractivity contribution is 0.0746. The number of nitrogens with one attached hydrogen (secondary N) is 1. The number of benzene rings is 2. The molecule has 2 saturated heterocycles. The number of nitrogens with zero attached hydrogens (tertiary/aromatic N) is 2. The normalized spacial score (nSPS) is 19.5. The largest absolute Gasteiger partial charge is 0.506 e. The first kappa shape index (κ1) is 21.6. The number of para-hydroxylation sites is 2. The van der Waals surface area contributed by atoms with E-state index in [1.54, 1.807) is 29.2 Å². The van der Waals surface area contributed by atoms with E-state index in [9.17, 15) is 18.3 Å². The number of amides is 1. The van der Waals surface area contributed by atoms with Crippen LogP contribution in [0.3, 0.4) is 0 Å². The van der Waals surface area contributed by atoms with Crippen molar-refractivity contribution in [2.45, 2.75) is 23.8 Å². The van der Waals surface area contributed by atoms with E-state index in [0.29, 0.717) is 38.3 Å². The van der Waals surface area contributed by atoms with Crippen LogP contribution in [0, 0.1) is 0 Å². The van der Waals surface area contributed by atoms with E-state index in [1.165, 1.54) is 12.1 Å². The summed E-state index contributed by atoms with van der Waals surface area (Å²) in [5.41, 5.74) is 1.09. The number of carbonyl (C=O) groups is 1. The van der Waals surface area contributed by atoms with Crippen LogP contribution < -0.4 is 9.62 Å². The van der Waals surface area contributed by atoms with Gasteiger partial charge in [0.05, 0.1) is 16.7 Å². The van der Waals surface area contributed by atoms with Crippen LogP contribution in [0.5, 0.6) is 5.75 Å². The zero-order valence-corrected chi connectivity index (χ0v) is 18.1. The highest BCUT2D eigenvalue weighted by atomic mass is 32.2. The topological polar surface area (TPSA) is 99.2 Å². The summed E-state index contributed by atoms with van der Waals surface area (Å²) in [5, 5.41) is 10.0. The summed E-state index contributed by atoms with van der Waals surface area (Å²) in [6, 6.07) is 13.3. The predicted octanol–water partition coefficient (Wildman–Crippen LogP) is 1.81. The second-order valence-corrected chi connectivity index (χ2v) is 9.55. The minimum atomic E-state index is -3.72. The number of carbonyl (C=O) groups excluding carboxylic acids is 1. The summed E-state index contributed by atoms with van der Waals surface area (Å²) >= 11 is 0. The minimum absolute atomic E-state index is 0.0733. The Morgan fingerprint density at radius 1 is 1.10 bits per heavy atom. The van der Waals surface area contributed by atoms with E-state index in [4.69, 9.17) is 4.74 Å². The fourth-order valence-corrected chi connectivity index (χ4v) is 5.06. The molecule has 2 aromatic rings. The van der Waals surface area contributed by atoms with Crippen LogP contribution in [-0.2, 0) is 14.8 Å². The maximum Gasteiger partial charge on any atom is 0.254 e. The molecule has 1 amide bonds. The molecule has 2 heterocycles. The van der Waals surface area contributed by atoms with Crippen molar-refractivity contribution in [2.24, 2.45) is 0 Å². The van der Waals surface area contributed by atoms with Gasteiger partial charge in [0.25, 0.3) is 5.91 Å². The average Bonchev–Trinajstić information content (AvgIpc) is 3.32. The Labute approximate surface area is 182 Å². The Morgan fingerprint density at radius 2 is 1.87 bits per heavy atom. The first-order chi connectivity index (χ1) is 14.9. The van der Waals surface area contributed by atoms with E-state index < -0.39 is 10.0 Å². The van der Waals surface area contributed by atoms with Crippen LogP contribution in [0.4, 0.5) is 5.69 Å². The van der Waals surface area contributed by atoms with Gasteiger partial charge < -0.3 is 19.6 Å². The molecule has 0 radical (unpaired) electrons. The highest BCUT2D eigenvalue weighted by Gasteiger charge is 2.25. The molecule has 0 bridgehead atoms. The number of aromatic hydroxyl groups is 1. The summed E-state index contributed by atoms with van der Waals surface area (Å²) in [7, 11) is -3.72.